The maximum atomic E-state index is 13.4. The van der Waals surface area contributed by atoms with Crippen molar-refractivity contribution >= 4 is 26.0 Å². The number of halogens is 3. The number of rotatable bonds is 4. The molecule has 96 valence electrons. The van der Waals surface area contributed by atoms with E-state index in [4.69, 9.17) is 5.11 Å². The maximum absolute atomic E-state index is 13.4. The Morgan fingerprint density at radius 2 is 2.06 bits per heavy atom. The molecule has 1 aromatic carbocycles. The first-order valence-corrected chi connectivity index (χ1v) is 6.83. The lowest BCUT2D eigenvalue weighted by atomic mass is 10.3. The van der Waals surface area contributed by atoms with Crippen LogP contribution in [0, 0.1) is 11.6 Å². The predicted octanol–water partition coefficient (Wildman–Crippen LogP) is 1.39. The SMILES string of the molecule is C[C@@H](CO)NS(=O)(=O)c1c(F)cc(F)cc1Br. The van der Waals surface area contributed by atoms with E-state index in [9.17, 15) is 17.2 Å². The summed E-state index contributed by atoms with van der Waals surface area (Å²) >= 11 is 2.78. The molecule has 0 saturated carbocycles. The number of hydrogen-bond acceptors (Lipinski definition) is 3. The highest BCUT2D eigenvalue weighted by Gasteiger charge is 2.24. The third-order valence-electron chi connectivity index (χ3n) is 1.86. The lowest BCUT2D eigenvalue weighted by Crippen LogP contribution is -2.35. The molecule has 0 fully saturated rings. The molecule has 0 spiro atoms. The lowest BCUT2D eigenvalue weighted by Gasteiger charge is -2.13. The number of aliphatic hydroxyl groups is 1. The Kier molecular flexibility index (Phi) is 4.59. The van der Waals surface area contributed by atoms with Crippen LogP contribution in [0.2, 0.25) is 0 Å². The van der Waals surface area contributed by atoms with Crippen LogP contribution in [0.15, 0.2) is 21.5 Å². The van der Waals surface area contributed by atoms with Crippen LogP contribution in [0.5, 0.6) is 0 Å². The van der Waals surface area contributed by atoms with Gasteiger partial charge in [-0.05, 0) is 28.9 Å². The van der Waals surface area contributed by atoms with Crippen LogP contribution in [0.3, 0.4) is 0 Å². The molecule has 1 rings (SSSR count). The van der Waals surface area contributed by atoms with Crippen molar-refractivity contribution < 1.29 is 22.3 Å². The van der Waals surface area contributed by atoms with Crippen LogP contribution in [-0.4, -0.2) is 26.2 Å². The Balaban J connectivity index is 3.25. The second kappa shape index (κ2) is 5.38. The summed E-state index contributed by atoms with van der Waals surface area (Å²) in [6.07, 6.45) is 0. The standard InChI is InChI=1S/C9H10BrF2NO3S/c1-5(4-14)13-17(15,16)9-7(10)2-6(11)3-8(9)12/h2-3,5,13-14H,4H2,1H3/t5-/m0/s1. The Labute approximate surface area is 106 Å². The first-order chi connectivity index (χ1) is 7.77. The highest BCUT2D eigenvalue weighted by Crippen LogP contribution is 2.26. The molecule has 1 aromatic rings. The van der Waals surface area contributed by atoms with Gasteiger partial charge in [-0.2, -0.15) is 0 Å². The van der Waals surface area contributed by atoms with Gasteiger partial charge in [0.05, 0.1) is 6.61 Å². The topological polar surface area (TPSA) is 66.4 Å². The minimum atomic E-state index is -4.15. The van der Waals surface area contributed by atoms with E-state index < -0.39 is 39.2 Å². The summed E-state index contributed by atoms with van der Waals surface area (Å²) in [6.45, 7) is 0.979. The molecule has 0 heterocycles. The first-order valence-electron chi connectivity index (χ1n) is 4.55. The van der Waals surface area contributed by atoms with Gasteiger partial charge in [-0.25, -0.2) is 21.9 Å². The molecule has 0 amide bonds. The van der Waals surface area contributed by atoms with Gasteiger partial charge in [0, 0.05) is 16.6 Å². The molecule has 0 radical (unpaired) electrons. The van der Waals surface area contributed by atoms with Crippen molar-refractivity contribution in [1.29, 1.82) is 0 Å². The normalized spacial score (nSPS) is 13.7. The molecule has 0 saturated heterocycles. The zero-order valence-corrected chi connectivity index (χ0v) is 11.1. The smallest absolute Gasteiger partial charge is 0.244 e. The van der Waals surface area contributed by atoms with E-state index in [0.717, 1.165) is 6.07 Å². The quantitative estimate of drug-likeness (QED) is 0.877. The van der Waals surface area contributed by atoms with Crippen LogP contribution in [-0.2, 0) is 10.0 Å². The first kappa shape index (κ1) is 14.5. The number of sulfonamides is 1. The van der Waals surface area contributed by atoms with E-state index in [1.54, 1.807) is 0 Å². The van der Waals surface area contributed by atoms with Crippen LogP contribution in [0.4, 0.5) is 8.78 Å². The second-order valence-electron chi connectivity index (χ2n) is 3.40. The van der Waals surface area contributed by atoms with E-state index in [0.29, 0.717) is 6.07 Å². The number of nitrogens with one attached hydrogen (secondary N) is 1. The third kappa shape index (κ3) is 3.44. The molecule has 4 nitrogen and oxygen atoms in total. The zero-order valence-electron chi connectivity index (χ0n) is 8.75. The van der Waals surface area contributed by atoms with Gasteiger partial charge < -0.3 is 5.11 Å². The fourth-order valence-electron chi connectivity index (χ4n) is 1.15. The Morgan fingerprint density at radius 1 is 1.47 bits per heavy atom. The average Bonchev–Trinajstić information content (AvgIpc) is 2.14. The van der Waals surface area contributed by atoms with Gasteiger partial charge in [-0.1, -0.05) is 0 Å². The van der Waals surface area contributed by atoms with Crippen LogP contribution >= 0.6 is 15.9 Å². The second-order valence-corrected chi connectivity index (χ2v) is 5.91. The Hall–Kier alpha value is -0.570. The summed E-state index contributed by atoms with van der Waals surface area (Å²) in [6, 6.07) is 0.556. The minimum absolute atomic E-state index is 0.215. The van der Waals surface area contributed by atoms with Crippen LogP contribution < -0.4 is 4.72 Å². The van der Waals surface area contributed by atoms with Gasteiger partial charge in [-0.3, -0.25) is 0 Å². The molecule has 2 N–H and O–H groups in total. The number of aliphatic hydroxyl groups excluding tert-OH is 1. The summed E-state index contributed by atoms with van der Waals surface area (Å²) < 4.78 is 51.5. The monoisotopic (exact) mass is 329 g/mol. The van der Waals surface area contributed by atoms with Gasteiger partial charge in [-0.15, -0.1) is 0 Å². The van der Waals surface area contributed by atoms with Crippen molar-refractivity contribution in [1.82, 2.24) is 4.72 Å². The Morgan fingerprint density at radius 3 is 2.53 bits per heavy atom. The third-order valence-corrected chi connectivity index (χ3v) is 4.41. The largest absolute Gasteiger partial charge is 0.395 e. The molecule has 0 bridgehead atoms. The zero-order chi connectivity index (χ0) is 13.2. The number of hydrogen-bond donors (Lipinski definition) is 2. The van der Waals surface area contributed by atoms with Crippen molar-refractivity contribution in [3.8, 4) is 0 Å². The number of benzene rings is 1. The van der Waals surface area contributed by atoms with Gasteiger partial charge in [0.1, 0.15) is 16.5 Å². The fraction of sp³-hybridized carbons (Fsp3) is 0.333. The molecular formula is C9H10BrF2NO3S. The molecule has 0 aliphatic rings. The van der Waals surface area contributed by atoms with Crippen molar-refractivity contribution in [2.75, 3.05) is 6.61 Å². The highest BCUT2D eigenvalue weighted by atomic mass is 79.9. The molecule has 0 aliphatic carbocycles. The van der Waals surface area contributed by atoms with E-state index in [1.165, 1.54) is 6.92 Å². The van der Waals surface area contributed by atoms with E-state index in [-0.39, 0.29) is 4.47 Å². The fourth-order valence-corrected chi connectivity index (χ4v) is 3.55. The molecule has 1 atom stereocenters. The predicted molar refractivity (Wildman–Crippen MR) is 60.9 cm³/mol. The highest BCUT2D eigenvalue weighted by molar-refractivity contribution is 9.10. The van der Waals surface area contributed by atoms with Crippen LogP contribution in [0.1, 0.15) is 6.92 Å². The van der Waals surface area contributed by atoms with Crippen LogP contribution in [0.25, 0.3) is 0 Å². The summed E-state index contributed by atoms with van der Waals surface area (Å²) in [7, 11) is -4.15. The van der Waals surface area contributed by atoms with E-state index in [2.05, 4.69) is 20.7 Å². The van der Waals surface area contributed by atoms with E-state index in [1.807, 2.05) is 0 Å². The van der Waals surface area contributed by atoms with Crippen molar-refractivity contribution in [2.45, 2.75) is 17.9 Å². The van der Waals surface area contributed by atoms with Crippen molar-refractivity contribution in [2.24, 2.45) is 0 Å². The minimum Gasteiger partial charge on any atom is -0.395 e. The summed E-state index contributed by atoms with van der Waals surface area (Å²) in [5.41, 5.74) is 0. The molecule has 0 aromatic heterocycles. The molecule has 8 heteroatoms. The Bertz CT molecular complexity index is 498. The summed E-state index contributed by atoms with van der Waals surface area (Å²) in [5.74, 6) is -2.09. The van der Waals surface area contributed by atoms with Gasteiger partial charge in [0.15, 0.2) is 0 Å². The lowest BCUT2D eigenvalue weighted by molar-refractivity contribution is 0.265. The maximum Gasteiger partial charge on any atom is 0.244 e. The molecule has 0 aliphatic heterocycles. The van der Waals surface area contributed by atoms with Gasteiger partial charge in [0.25, 0.3) is 0 Å². The van der Waals surface area contributed by atoms with Crippen molar-refractivity contribution in [3.05, 3.63) is 28.2 Å². The van der Waals surface area contributed by atoms with Gasteiger partial charge in [0.2, 0.25) is 10.0 Å². The molecule has 17 heavy (non-hydrogen) atoms. The average molecular weight is 330 g/mol. The molecular weight excluding hydrogens is 320 g/mol. The summed E-state index contributed by atoms with van der Waals surface area (Å²) in [5, 5.41) is 8.74. The van der Waals surface area contributed by atoms with Gasteiger partial charge >= 0.3 is 0 Å². The molecule has 0 unspecified atom stereocenters. The van der Waals surface area contributed by atoms with E-state index >= 15 is 0 Å². The van der Waals surface area contributed by atoms with Crippen molar-refractivity contribution in [3.63, 3.8) is 0 Å². The summed E-state index contributed by atoms with van der Waals surface area (Å²) in [4.78, 5) is -0.681.